The molecule has 8 N–H and O–H groups in total. The molecule has 0 saturated carbocycles. The van der Waals surface area contributed by atoms with E-state index >= 15 is 0 Å². The SMILES string of the molecule is Cc1ccc(C(=O)N(C)C[C@@H]2N=C(N)N3CC(NC(=O)c4cccc5c4OCCC5(C)C)[C@@H](O)C34NC(N)=[NH+][C@@H]24)nc1. The van der Waals surface area contributed by atoms with Crippen molar-refractivity contribution in [2.45, 2.75) is 62.5 Å². The maximum Gasteiger partial charge on any atom is 0.343 e. The largest absolute Gasteiger partial charge is 0.492 e. The number of likely N-dealkylation sites (N-methyl/N-ethyl adjacent to an activating group) is 1. The lowest BCUT2D eigenvalue weighted by atomic mass is 9.79. The number of nitrogens with zero attached hydrogens (tertiary/aromatic N) is 4. The molecular formula is C29H38N9O4+. The van der Waals surface area contributed by atoms with E-state index in [1.807, 2.05) is 25.1 Å². The summed E-state index contributed by atoms with van der Waals surface area (Å²) in [7, 11) is 1.67. The smallest absolute Gasteiger partial charge is 0.343 e. The third-order valence-corrected chi connectivity index (χ3v) is 8.95. The number of aromatic nitrogens is 1. The van der Waals surface area contributed by atoms with Gasteiger partial charge in [0.05, 0.1) is 18.2 Å². The van der Waals surface area contributed by atoms with E-state index in [0.29, 0.717) is 23.6 Å². The molecule has 0 bridgehead atoms. The summed E-state index contributed by atoms with van der Waals surface area (Å²) < 4.78 is 5.95. The number of aliphatic hydroxyl groups is 1. The molecule has 1 fully saturated rings. The van der Waals surface area contributed by atoms with Crippen molar-refractivity contribution < 1.29 is 24.4 Å². The molecule has 2 amide bonds. The molecule has 4 aliphatic rings. The molecule has 5 atom stereocenters. The summed E-state index contributed by atoms with van der Waals surface area (Å²) in [6, 6.07) is 7.25. The summed E-state index contributed by atoms with van der Waals surface area (Å²) in [5.41, 5.74) is 14.0. The molecule has 222 valence electrons. The van der Waals surface area contributed by atoms with Crippen LogP contribution in [0.5, 0.6) is 5.75 Å². The number of hydrogen-bond donors (Lipinski definition) is 6. The minimum atomic E-state index is -1.20. The Labute approximate surface area is 244 Å². The van der Waals surface area contributed by atoms with E-state index in [1.165, 1.54) is 4.90 Å². The number of amides is 2. The molecule has 1 spiro atoms. The highest BCUT2D eigenvalue weighted by molar-refractivity contribution is 5.98. The lowest BCUT2D eigenvalue weighted by molar-refractivity contribution is -0.514. The number of pyridine rings is 1. The number of ether oxygens (including phenoxy) is 1. The van der Waals surface area contributed by atoms with Gasteiger partial charge in [0.2, 0.25) is 5.66 Å². The predicted molar refractivity (Wildman–Crippen MR) is 155 cm³/mol. The zero-order valence-electron chi connectivity index (χ0n) is 24.2. The Kier molecular flexibility index (Phi) is 6.52. The Balaban J connectivity index is 1.24. The van der Waals surface area contributed by atoms with Crippen LogP contribution in [0.15, 0.2) is 41.5 Å². The molecule has 13 heteroatoms. The first-order chi connectivity index (χ1) is 19.9. The summed E-state index contributed by atoms with van der Waals surface area (Å²) in [5.74, 6) is 0.368. The van der Waals surface area contributed by atoms with E-state index in [0.717, 1.165) is 17.5 Å². The van der Waals surface area contributed by atoms with E-state index in [1.54, 1.807) is 30.3 Å². The second-order valence-electron chi connectivity index (χ2n) is 12.2. The third kappa shape index (κ3) is 4.30. The number of aryl methyl sites for hydroxylation is 1. The van der Waals surface area contributed by atoms with Gasteiger partial charge >= 0.3 is 5.96 Å². The lowest BCUT2D eigenvalue weighted by Crippen LogP contribution is -2.88. The van der Waals surface area contributed by atoms with Crippen molar-refractivity contribution in [1.29, 1.82) is 0 Å². The minimum Gasteiger partial charge on any atom is -0.492 e. The molecule has 42 heavy (non-hydrogen) atoms. The first kappa shape index (κ1) is 27.8. The summed E-state index contributed by atoms with van der Waals surface area (Å²) in [4.78, 5) is 42.1. The van der Waals surface area contributed by atoms with E-state index in [2.05, 4.69) is 34.5 Å². The van der Waals surface area contributed by atoms with Gasteiger partial charge in [-0.25, -0.2) is 10.3 Å². The highest BCUT2D eigenvalue weighted by Crippen LogP contribution is 2.41. The fourth-order valence-electron chi connectivity index (χ4n) is 6.62. The van der Waals surface area contributed by atoms with E-state index in [9.17, 15) is 14.7 Å². The van der Waals surface area contributed by atoms with Gasteiger partial charge in [-0.2, -0.15) is 0 Å². The number of para-hydroxylation sites is 1. The van der Waals surface area contributed by atoms with Gasteiger partial charge in [0.1, 0.15) is 23.6 Å². The van der Waals surface area contributed by atoms with Crippen LogP contribution in [0.25, 0.3) is 0 Å². The van der Waals surface area contributed by atoms with E-state index in [-0.39, 0.29) is 42.2 Å². The number of nitrogens with two attached hydrogens (primary N) is 2. The average Bonchev–Trinajstić information content (AvgIpc) is 3.44. The number of guanidine groups is 2. The molecule has 4 aliphatic heterocycles. The van der Waals surface area contributed by atoms with Crippen LogP contribution in [0, 0.1) is 6.92 Å². The molecule has 6 rings (SSSR count). The van der Waals surface area contributed by atoms with Gasteiger partial charge in [0, 0.05) is 31.9 Å². The van der Waals surface area contributed by atoms with Crippen LogP contribution in [-0.4, -0.2) is 100 Å². The standard InChI is InChI=1S/C29H37N9O4/c1-15-8-9-18(32-12-15)25(41)37(4)13-19-22-29(36-26(30)35-22)23(39)20(14-38(29)27(31)34-19)33-24(40)16-6-5-7-17-21(16)42-11-10-28(17,2)3/h5-9,12,19-20,22-23,39H,10-11,13-14H2,1-4H3,(H2,31,34)(H,33,40)(H3,30,35,36)/p+1/t19-,20?,22-,23+,29?/m0/s1. The quantitative estimate of drug-likeness (QED) is 0.229. The number of aliphatic hydroxyl groups excluding tert-OH is 1. The topological polar surface area (TPSA) is 185 Å². The van der Waals surface area contributed by atoms with Crippen LogP contribution >= 0.6 is 0 Å². The zero-order chi connectivity index (χ0) is 30.0. The molecule has 2 aromatic rings. The number of carbonyl (C=O) groups excluding carboxylic acids is 2. The monoisotopic (exact) mass is 576 g/mol. The fourth-order valence-corrected chi connectivity index (χ4v) is 6.62. The van der Waals surface area contributed by atoms with Crippen molar-refractivity contribution in [3.63, 3.8) is 0 Å². The molecule has 0 aliphatic carbocycles. The van der Waals surface area contributed by atoms with Crippen LogP contribution in [0.2, 0.25) is 0 Å². The Morgan fingerprint density at radius 2 is 2.07 bits per heavy atom. The molecule has 0 radical (unpaired) electrons. The second-order valence-corrected chi connectivity index (χ2v) is 12.2. The lowest BCUT2D eigenvalue weighted by Gasteiger charge is -2.44. The zero-order valence-corrected chi connectivity index (χ0v) is 24.2. The van der Waals surface area contributed by atoms with Crippen molar-refractivity contribution in [2.75, 3.05) is 26.7 Å². The Hall–Kier alpha value is -4.39. The maximum absolute atomic E-state index is 13.6. The number of nitrogens with one attached hydrogen (secondary N) is 3. The average molecular weight is 577 g/mol. The minimum absolute atomic E-state index is 0.125. The van der Waals surface area contributed by atoms with Crippen molar-refractivity contribution in [3.8, 4) is 5.75 Å². The number of hydrogen-bond acceptors (Lipinski definition) is 10. The number of rotatable bonds is 5. The molecule has 5 heterocycles. The third-order valence-electron chi connectivity index (χ3n) is 8.95. The van der Waals surface area contributed by atoms with Crippen LogP contribution in [0.3, 0.4) is 0 Å². The normalized spacial score (nSPS) is 28.7. The van der Waals surface area contributed by atoms with Crippen LogP contribution < -0.4 is 31.8 Å². The van der Waals surface area contributed by atoms with Crippen molar-refractivity contribution >= 4 is 23.7 Å². The fraction of sp³-hybridized carbons (Fsp3) is 0.483. The van der Waals surface area contributed by atoms with E-state index < -0.39 is 29.9 Å². The number of fused-ring (bicyclic) bond motifs is 1. The molecule has 1 saturated heterocycles. The van der Waals surface area contributed by atoms with Crippen LogP contribution in [0.4, 0.5) is 0 Å². The predicted octanol–water partition coefficient (Wildman–Crippen LogP) is -2.24. The molecule has 1 aromatic carbocycles. The maximum atomic E-state index is 13.6. The highest BCUT2D eigenvalue weighted by atomic mass is 16.5. The molecule has 13 nitrogen and oxygen atoms in total. The van der Waals surface area contributed by atoms with E-state index in [4.69, 9.17) is 21.2 Å². The molecular weight excluding hydrogens is 538 g/mol. The summed E-state index contributed by atoms with van der Waals surface area (Å²) in [5, 5.41) is 18.0. The number of benzene rings is 1. The van der Waals surface area contributed by atoms with Gasteiger partial charge in [0.15, 0.2) is 12.0 Å². The molecule has 2 unspecified atom stereocenters. The first-order valence-electron chi connectivity index (χ1n) is 14.1. The Morgan fingerprint density at radius 3 is 2.81 bits per heavy atom. The summed E-state index contributed by atoms with van der Waals surface area (Å²) in [6.45, 7) is 7.06. The van der Waals surface area contributed by atoms with Gasteiger partial charge in [0.25, 0.3) is 11.8 Å². The highest BCUT2D eigenvalue weighted by Gasteiger charge is 2.68. The summed E-state index contributed by atoms with van der Waals surface area (Å²) in [6.07, 6.45) is 1.36. The van der Waals surface area contributed by atoms with Gasteiger partial charge < -0.3 is 30.7 Å². The van der Waals surface area contributed by atoms with Crippen molar-refractivity contribution in [1.82, 2.24) is 25.4 Å². The first-order valence-corrected chi connectivity index (χ1v) is 14.1. The van der Waals surface area contributed by atoms with Crippen molar-refractivity contribution in [2.24, 2.45) is 16.5 Å². The van der Waals surface area contributed by atoms with Crippen LogP contribution in [-0.2, 0) is 5.41 Å². The van der Waals surface area contributed by atoms with Gasteiger partial charge in [-0.15, -0.1) is 0 Å². The number of carbonyl (C=O) groups is 2. The van der Waals surface area contributed by atoms with Gasteiger partial charge in [-0.05, 0) is 36.5 Å². The van der Waals surface area contributed by atoms with Gasteiger partial charge in [-0.3, -0.25) is 25.3 Å². The van der Waals surface area contributed by atoms with Crippen molar-refractivity contribution in [3.05, 3.63) is 58.9 Å². The van der Waals surface area contributed by atoms with Gasteiger partial charge in [-0.1, -0.05) is 32.0 Å². The Bertz CT molecular complexity index is 1490. The second kappa shape index (κ2) is 9.86. The Morgan fingerprint density at radius 1 is 1.29 bits per heavy atom. The molecule has 1 aromatic heterocycles. The summed E-state index contributed by atoms with van der Waals surface area (Å²) >= 11 is 0. The number of aliphatic imine (C=N–C) groups is 1. The van der Waals surface area contributed by atoms with Crippen LogP contribution in [0.1, 0.15) is 52.2 Å².